The number of hydrogen-bond donors (Lipinski definition) is 0. The van der Waals surface area contributed by atoms with Gasteiger partial charge in [0.25, 0.3) is 0 Å². The number of hydrogen-bond acceptors (Lipinski definition) is 2. The van der Waals surface area contributed by atoms with E-state index in [0.717, 1.165) is 19.4 Å². The molecule has 3 nitrogen and oxygen atoms in total. The zero-order chi connectivity index (χ0) is 14.8. The standard InChI is InChI=1S/C17H29NO2/c1-15(2)10-9-13-18(3)17(19)12-8-6-4-5-7-11-16-14-20-16/h15-16H,4-8,11-14H2,1-3H3. The lowest BCUT2D eigenvalue weighted by Crippen LogP contribution is -2.26. The molecule has 0 spiro atoms. The molecule has 0 aromatic rings. The van der Waals surface area contributed by atoms with Crippen LogP contribution in [0.1, 0.15) is 58.8 Å². The first-order valence-corrected chi connectivity index (χ1v) is 7.93. The Morgan fingerprint density at radius 2 is 1.90 bits per heavy atom. The molecular formula is C17H29NO2. The summed E-state index contributed by atoms with van der Waals surface area (Å²) < 4.78 is 5.18. The molecule has 1 aliphatic rings. The quantitative estimate of drug-likeness (QED) is 0.369. The van der Waals surface area contributed by atoms with Crippen molar-refractivity contribution in [3.05, 3.63) is 0 Å². The van der Waals surface area contributed by atoms with E-state index in [2.05, 4.69) is 25.7 Å². The SMILES string of the molecule is CC(C)C#CCN(C)C(=O)CCCCCCCC1CO1. The molecule has 1 saturated heterocycles. The van der Waals surface area contributed by atoms with Crippen molar-refractivity contribution in [2.24, 2.45) is 5.92 Å². The first kappa shape index (κ1) is 17.0. The molecule has 0 aromatic heterocycles. The highest BCUT2D eigenvalue weighted by Crippen LogP contribution is 2.18. The molecule has 1 rings (SSSR count). The van der Waals surface area contributed by atoms with Gasteiger partial charge in [-0.15, -0.1) is 0 Å². The normalized spacial score (nSPS) is 16.7. The van der Waals surface area contributed by atoms with Crippen molar-refractivity contribution >= 4 is 5.91 Å². The average Bonchev–Trinajstić information content (AvgIpc) is 3.20. The summed E-state index contributed by atoms with van der Waals surface area (Å²) in [6.45, 7) is 5.65. The first-order valence-electron chi connectivity index (χ1n) is 7.93. The Balaban J connectivity index is 1.94. The molecule has 0 saturated carbocycles. The Hall–Kier alpha value is -1.01. The summed E-state index contributed by atoms with van der Waals surface area (Å²) in [5.74, 6) is 6.72. The van der Waals surface area contributed by atoms with Gasteiger partial charge in [-0.1, -0.05) is 51.4 Å². The number of rotatable bonds is 9. The minimum Gasteiger partial charge on any atom is -0.373 e. The average molecular weight is 279 g/mol. The zero-order valence-corrected chi connectivity index (χ0v) is 13.3. The summed E-state index contributed by atoms with van der Waals surface area (Å²) in [5, 5.41) is 0. The maximum atomic E-state index is 11.8. The molecule has 0 bridgehead atoms. The lowest BCUT2D eigenvalue weighted by Gasteiger charge is -2.13. The van der Waals surface area contributed by atoms with Gasteiger partial charge in [-0.3, -0.25) is 4.79 Å². The van der Waals surface area contributed by atoms with E-state index in [1.54, 1.807) is 4.90 Å². The van der Waals surface area contributed by atoms with Crippen molar-refractivity contribution in [2.45, 2.75) is 64.9 Å². The molecule has 0 radical (unpaired) electrons. The number of unbranched alkanes of at least 4 members (excludes halogenated alkanes) is 4. The van der Waals surface area contributed by atoms with Gasteiger partial charge in [-0.25, -0.2) is 0 Å². The van der Waals surface area contributed by atoms with E-state index in [9.17, 15) is 4.79 Å². The lowest BCUT2D eigenvalue weighted by atomic mass is 10.1. The highest BCUT2D eigenvalue weighted by molar-refractivity contribution is 5.76. The minimum absolute atomic E-state index is 0.217. The smallest absolute Gasteiger partial charge is 0.223 e. The van der Waals surface area contributed by atoms with Crippen molar-refractivity contribution in [3.63, 3.8) is 0 Å². The van der Waals surface area contributed by atoms with Crippen LogP contribution >= 0.6 is 0 Å². The van der Waals surface area contributed by atoms with Crippen molar-refractivity contribution in [1.29, 1.82) is 0 Å². The van der Waals surface area contributed by atoms with E-state index < -0.39 is 0 Å². The molecule has 3 heteroatoms. The van der Waals surface area contributed by atoms with E-state index >= 15 is 0 Å². The van der Waals surface area contributed by atoms with Crippen LogP contribution in [0.5, 0.6) is 0 Å². The van der Waals surface area contributed by atoms with Crippen molar-refractivity contribution in [2.75, 3.05) is 20.2 Å². The number of amides is 1. The zero-order valence-electron chi connectivity index (χ0n) is 13.3. The number of carbonyl (C=O) groups is 1. The Labute approximate surface area is 124 Å². The van der Waals surface area contributed by atoms with Gasteiger partial charge < -0.3 is 9.64 Å². The van der Waals surface area contributed by atoms with E-state index in [1.165, 1.54) is 25.7 Å². The molecule has 1 fully saturated rings. The van der Waals surface area contributed by atoms with Crippen LogP contribution in [0.25, 0.3) is 0 Å². The highest BCUT2D eigenvalue weighted by atomic mass is 16.6. The first-order chi connectivity index (χ1) is 9.59. The van der Waals surface area contributed by atoms with E-state index in [4.69, 9.17) is 4.74 Å². The number of carbonyl (C=O) groups excluding carboxylic acids is 1. The van der Waals surface area contributed by atoms with Crippen LogP contribution in [0.3, 0.4) is 0 Å². The molecular weight excluding hydrogens is 250 g/mol. The highest BCUT2D eigenvalue weighted by Gasteiger charge is 2.20. The topological polar surface area (TPSA) is 32.8 Å². The monoisotopic (exact) mass is 279 g/mol. The molecule has 1 aliphatic heterocycles. The largest absolute Gasteiger partial charge is 0.373 e. The van der Waals surface area contributed by atoms with Crippen molar-refractivity contribution in [1.82, 2.24) is 4.90 Å². The van der Waals surface area contributed by atoms with Crippen LogP contribution in [-0.2, 0) is 9.53 Å². The molecule has 0 aliphatic carbocycles. The maximum Gasteiger partial charge on any atom is 0.223 e. The Bertz CT molecular complexity index is 337. The van der Waals surface area contributed by atoms with E-state index in [1.807, 2.05) is 7.05 Å². The molecule has 1 heterocycles. The summed E-state index contributed by atoms with van der Waals surface area (Å²) >= 11 is 0. The van der Waals surface area contributed by atoms with Crippen LogP contribution in [0.2, 0.25) is 0 Å². The molecule has 114 valence electrons. The summed E-state index contributed by atoms with van der Waals surface area (Å²) in [4.78, 5) is 13.6. The van der Waals surface area contributed by atoms with Crippen molar-refractivity contribution < 1.29 is 9.53 Å². The molecule has 20 heavy (non-hydrogen) atoms. The van der Waals surface area contributed by atoms with Crippen LogP contribution < -0.4 is 0 Å². The van der Waals surface area contributed by atoms with Gasteiger partial charge in [0.2, 0.25) is 5.91 Å². The summed E-state index contributed by atoms with van der Waals surface area (Å²) in [6, 6.07) is 0. The summed E-state index contributed by atoms with van der Waals surface area (Å²) in [6.07, 6.45) is 8.37. The second-order valence-corrected chi connectivity index (χ2v) is 5.99. The Morgan fingerprint density at radius 1 is 1.25 bits per heavy atom. The van der Waals surface area contributed by atoms with Gasteiger partial charge in [-0.2, -0.15) is 0 Å². The summed E-state index contributed by atoms with van der Waals surface area (Å²) in [5.41, 5.74) is 0. The van der Waals surface area contributed by atoms with Crippen LogP contribution in [0, 0.1) is 17.8 Å². The maximum absolute atomic E-state index is 11.8. The predicted molar refractivity (Wildman–Crippen MR) is 82.3 cm³/mol. The van der Waals surface area contributed by atoms with E-state index in [0.29, 0.717) is 25.0 Å². The Morgan fingerprint density at radius 3 is 2.55 bits per heavy atom. The molecule has 1 atom stereocenters. The van der Waals surface area contributed by atoms with Gasteiger partial charge >= 0.3 is 0 Å². The van der Waals surface area contributed by atoms with Crippen LogP contribution in [0.4, 0.5) is 0 Å². The van der Waals surface area contributed by atoms with Gasteiger partial charge in [-0.05, 0) is 12.8 Å². The lowest BCUT2D eigenvalue weighted by molar-refractivity contribution is -0.129. The van der Waals surface area contributed by atoms with Gasteiger partial charge in [0.05, 0.1) is 19.3 Å². The van der Waals surface area contributed by atoms with E-state index in [-0.39, 0.29) is 5.91 Å². The molecule has 0 N–H and O–H groups in total. The van der Waals surface area contributed by atoms with Gasteiger partial charge in [0.15, 0.2) is 0 Å². The molecule has 1 unspecified atom stereocenters. The van der Waals surface area contributed by atoms with Crippen LogP contribution in [0.15, 0.2) is 0 Å². The third-order valence-electron chi connectivity index (χ3n) is 3.45. The number of nitrogens with zero attached hydrogens (tertiary/aromatic N) is 1. The fourth-order valence-electron chi connectivity index (χ4n) is 2.06. The second kappa shape index (κ2) is 9.83. The molecule has 0 aromatic carbocycles. The van der Waals surface area contributed by atoms with Crippen LogP contribution in [-0.4, -0.2) is 37.1 Å². The minimum atomic E-state index is 0.217. The third-order valence-corrected chi connectivity index (χ3v) is 3.45. The fourth-order valence-corrected chi connectivity index (χ4v) is 2.06. The Kier molecular flexibility index (Phi) is 8.37. The third kappa shape index (κ3) is 8.98. The van der Waals surface area contributed by atoms with Crippen molar-refractivity contribution in [3.8, 4) is 11.8 Å². The van der Waals surface area contributed by atoms with Gasteiger partial charge in [0, 0.05) is 19.4 Å². The van der Waals surface area contributed by atoms with Gasteiger partial charge in [0.1, 0.15) is 0 Å². The summed E-state index contributed by atoms with van der Waals surface area (Å²) in [7, 11) is 1.84. The number of epoxide rings is 1. The molecule has 1 amide bonds. The fraction of sp³-hybridized carbons (Fsp3) is 0.824. The predicted octanol–water partition coefficient (Wildman–Crippen LogP) is 3.23. The number of ether oxygens (including phenoxy) is 1. The second-order valence-electron chi connectivity index (χ2n) is 5.99.